The average molecular weight is 526 g/mol. The van der Waals surface area contributed by atoms with Gasteiger partial charge in [0.2, 0.25) is 0 Å². The van der Waals surface area contributed by atoms with Gasteiger partial charge in [0.15, 0.2) is 0 Å². The molecule has 8 heteroatoms. The Balaban J connectivity index is 1.74. The zero-order valence-electron chi connectivity index (χ0n) is 20.0. The van der Waals surface area contributed by atoms with Crippen LogP contribution in [0.2, 0.25) is 5.02 Å². The Morgan fingerprint density at radius 3 is 2.61 bits per heavy atom. The third-order valence-corrected chi connectivity index (χ3v) is 7.92. The van der Waals surface area contributed by atoms with E-state index in [4.69, 9.17) is 16.3 Å². The van der Waals surface area contributed by atoms with Crippen LogP contribution in [0.25, 0.3) is 0 Å². The molecule has 1 N–H and O–H groups in total. The van der Waals surface area contributed by atoms with Crippen molar-refractivity contribution < 1.29 is 23.8 Å². The molecule has 5 rings (SSSR count). The van der Waals surface area contributed by atoms with Crippen molar-refractivity contribution >= 4 is 40.9 Å². The van der Waals surface area contributed by atoms with Gasteiger partial charge in [-0.25, -0.2) is 4.39 Å². The molecule has 2 aliphatic rings. The van der Waals surface area contributed by atoms with Crippen molar-refractivity contribution in [2.45, 2.75) is 43.0 Å². The summed E-state index contributed by atoms with van der Waals surface area (Å²) in [6.45, 7) is 6.71. The van der Waals surface area contributed by atoms with E-state index >= 15 is 0 Å². The van der Waals surface area contributed by atoms with Crippen LogP contribution in [0.15, 0.2) is 59.5 Å². The number of nitrogens with zero attached hydrogens (tertiary/aromatic N) is 1. The first-order chi connectivity index (χ1) is 17.1. The number of aliphatic carboxylic acids is 1. The number of ether oxygens (including phenoxy) is 1. The number of carboxylic acids is 1. The molecule has 186 valence electrons. The topological polar surface area (TPSA) is 66.8 Å². The number of carbonyl (C=O) groups is 2. The second-order valence-corrected chi connectivity index (χ2v) is 11.5. The van der Waals surface area contributed by atoms with E-state index in [0.717, 1.165) is 28.0 Å². The standard InChI is InChI=1S/C28H25ClFNO4S/c1-28(2,3)20-8-6-17(14-21(20)29)31-25(15-4-9-22-23(12-15)36-11-10-35-22)24(27(33)34)18-7-5-16(30)13-19(18)26(31)32/h4-9,12-14,24-25H,10-11H2,1-3H3,(H,33,34)/t24-,25+/m0/s1. The highest BCUT2D eigenvalue weighted by Gasteiger charge is 2.45. The fourth-order valence-corrected chi connectivity index (χ4v) is 6.29. The summed E-state index contributed by atoms with van der Waals surface area (Å²) >= 11 is 8.28. The summed E-state index contributed by atoms with van der Waals surface area (Å²) in [7, 11) is 0. The lowest BCUT2D eigenvalue weighted by Gasteiger charge is -2.41. The zero-order valence-corrected chi connectivity index (χ0v) is 21.6. The third-order valence-electron chi connectivity index (χ3n) is 6.61. The highest BCUT2D eigenvalue weighted by atomic mass is 35.5. The molecular weight excluding hydrogens is 501 g/mol. The van der Waals surface area contributed by atoms with Crippen molar-refractivity contribution in [3.63, 3.8) is 0 Å². The molecular formula is C28H25ClFNO4S. The third kappa shape index (κ3) is 4.24. The van der Waals surface area contributed by atoms with Crippen molar-refractivity contribution in [1.29, 1.82) is 0 Å². The molecule has 0 saturated carbocycles. The Hall–Kier alpha value is -3.03. The van der Waals surface area contributed by atoms with Crippen molar-refractivity contribution in [2.75, 3.05) is 17.3 Å². The van der Waals surface area contributed by atoms with Gasteiger partial charge in [-0.1, -0.05) is 50.6 Å². The molecule has 5 nitrogen and oxygen atoms in total. The van der Waals surface area contributed by atoms with Crippen LogP contribution in [0, 0.1) is 5.82 Å². The molecule has 3 aromatic rings. The fraction of sp³-hybridized carbons (Fsp3) is 0.286. The Bertz CT molecular complexity index is 1390. The van der Waals surface area contributed by atoms with Crippen molar-refractivity contribution in [3.05, 3.63) is 87.7 Å². The maximum Gasteiger partial charge on any atom is 0.313 e. The van der Waals surface area contributed by atoms with Gasteiger partial charge < -0.3 is 9.84 Å². The Kier molecular flexibility index (Phi) is 6.25. The number of benzene rings is 3. The van der Waals surface area contributed by atoms with Crippen LogP contribution in [0.1, 0.15) is 59.8 Å². The van der Waals surface area contributed by atoms with Crippen molar-refractivity contribution in [1.82, 2.24) is 0 Å². The lowest BCUT2D eigenvalue weighted by Crippen LogP contribution is -2.45. The normalized spacial score (nSPS) is 19.4. The van der Waals surface area contributed by atoms with Crippen LogP contribution in [0.3, 0.4) is 0 Å². The Labute approximate surface area is 218 Å². The summed E-state index contributed by atoms with van der Waals surface area (Å²) in [6, 6.07) is 13.6. The minimum atomic E-state index is -1.12. The van der Waals surface area contributed by atoms with E-state index in [2.05, 4.69) is 0 Å². The van der Waals surface area contributed by atoms with Gasteiger partial charge in [0.25, 0.3) is 5.91 Å². The maximum absolute atomic E-state index is 14.2. The number of halogens is 2. The molecule has 3 aromatic carbocycles. The van der Waals surface area contributed by atoms with E-state index in [-0.39, 0.29) is 16.5 Å². The molecule has 2 heterocycles. The second kappa shape index (κ2) is 9.12. The average Bonchev–Trinajstić information content (AvgIpc) is 2.82. The number of amides is 1. The van der Waals surface area contributed by atoms with Gasteiger partial charge in [-0.15, -0.1) is 11.8 Å². The minimum Gasteiger partial charge on any atom is -0.492 e. The van der Waals surface area contributed by atoms with E-state index in [1.165, 1.54) is 17.0 Å². The van der Waals surface area contributed by atoms with Crippen LogP contribution in [-0.2, 0) is 10.2 Å². The number of hydrogen-bond donors (Lipinski definition) is 1. The van der Waals surface area contributed by atoms with Gasteiger partial charge >= 0.3 is 5.97 Å². The summed E-state index contributed by atoms with van der Waals surface area (Å²) < 4.78 is 20.0. The van der Waals surface area contributed by atoms with Crippen LogP contribution in [0.4, 0.5) is 10.1 Å². The number of thioether (sulfide) groups is 1. The highest BCUT2D eigenvalue weighted by Crippen LogP contribution is 2.48. The summed E-state index contributed by atoms with van der Waals surface area (Å²) in [4.78, 5) is 28.9. The SMILES string of the molecule is CC(C)(C)c1ccc(N2C(=O)c3cc(F)ccc3[C@H](C(=O)O)[C@H]2c2ccc3c(c2)SCCO3)cc1Cl. The molecule has 0 aliphatic carbocycles. The smallest absolute Gasteiger partial charge is 0.313 e. The van der Waals surface area contributed by atoms with Gasteiger partial charge in [0.05, 0.1) is 12.6 Å². The van der Waals surface area contributed by atoms with Gasteiger partial charge in [-0.2, -0.15) is 0 Å². The summed E-state index contributed by atoms with van der Waals surface area (Å²) in [5.74, 6) is -1.80. The van der Waals surface area contributed by atoms with E-state index in [1.54, 1.807) is 30.0 Å². The molecule has 0 spiro atoms. The van der Waals surface area contributed by atoms with E-state index < -0.39 is 29.7 Å². The van der Waals surface area contributed by atoms with Crippen LogP contribution in [0.5, 0.6) is 5.75 Å². The number of carbonyl (C=O) groups excluding carboxylic acids is 1. The van der Waals surface area contributed by atoms with Crippen LogP contribution < -0.4 is 9.64 Å². The largest absolute Gasteiger partial charge is 0.492 e. The first-order valence-corrected chi connectivity index (χ1v) is 13.0. The molecule has 0 radical (unpaired) electrons. The first-order valence-electron chi connectivity index (χ1n) is 11.6. The molecule has 0 unspecified atom stereocenters. The predicted molar refractivity (Wildman–Crippen MR) is 139 cm³/mol. The molecule has 2 aliphatic heterocycles. The number of rotatable bonds is 3. The Morgan fingerprint density at radius 2 is 1.92 bits per heavy atom. The molecule has 0 bridgehead atoms. The Morgan fingerprint density at radius 1 is 1.14 bits per heavy atom. The van der Waals surface area contributed by atoms with E-state index in [1.807, 2.05) is 39.0 Å². The number of anilines is 1. The predicted octanol–water partition coefficient (Wildman–Crippen LogP) is 6.83. The fourth-order valence-electron chi connectivity index (χ4n) is 4.95. The molecule has 0 saturated heterocycles. The van der Waals surface area contributed by atoms with Gasteiger partial charge in [-0.05, 0) is 58.5 Å². The van der Waals surface area contributed by atoms with Gasteiger partial charge in [0.1, 0.15) is 17.5 Å². The summed E-state index contributed by atoms with van der Waals surface area (Å²) in [5, 5.41) is 10.9. The molecule has 2 atom stereocenters. The quantitative estimate of drug-likeness (QED) is 0.406. The van der Waals surface area contributed by atoms with E-state index in [0.29, 0.717) is 22.9 Å². The van der Waals surface area contributed by atoms with Crippen molar-refractivity contribution in [2.24, 2.45) is 0 Å². The van der Waals surface area contributed by atoms with Crippen molar-refractivity contribution in [3.8, 4) is 5.75 Å². The summed E-state index contributed by atoms with van der Waals surface area (Å²) in [5.41, 5.74) is 2.09. The number of carboxylic acid groups (broad SMARTS) is 1. The molecule has 36 heavy (non-hydrogen) atoms. The minimum absolute atomic E-state index is 0.0327. The zero-order chi connectivity index (χ0) is 25.8. The number of fused-ring (bicyclic) bond motifs is 2. The van der Waals surface area contributed by atoms with Gasteiger partial charge in [0, 0.05) is 26.9 Å². The van der Waals surface area contributed by atoms with Crippen LogP contribution in [-0.4, -0.2) is 29.3 Å². The maximum atomic E-state index is 14.2. The highest BCUT2D eigenvalue weighted by molar-refractivity contribution is 7.99. The number of hydrogen-bond acceptors (Lipinski definition) is 4. The summed E-state index contributed by atoms with van der Waals surface area (Å²) in [6.07, 6.45) is 0. The second-order valence-electron chi connectivity index (χ2n) is 9.98. The first kappa shape index (κ1) is 24.7. The molecule has 0 aromatic heterocycles. The van der Waals surface area contributed by atoms with Crippen LogP contribution >= 0.6 is 23.4 Å². The molecule has 0 fully saturated rings. The monoisotopic (exact) mass is 525 g/mol. The molecule has 1 amide bonds. The lowest BCUT2D eigenvalue weighted by atomic mass is 9.79. The van der Waals surface area contributed by atoms with Gasteiger partial charge in [-0.3, -0.25) is 14.5 Å². The lowest BCUT2D eigenvalue weighted by molar-refractivity contribution is -0.139. The van der Waals surface area contributed by atoms with E-state index in [9.17, 15) is 19.1 Å².